The predicted molar refractivity (Wildman–Crippen MR) is 55.6 cm³/mol. The highest BCUT2D eigenvalue weighted by atomic mass is 19.4. The molecule has 0 aromatic rings. The summed E-state index contributed by atoms with van der Waals surface area (Å²) in [6.07, 6.45) is -14.2. The Morgan fingerprint density at radius 1 is 1.25 bits per heavy atom. The third-order valence-electron chi connectivity index (χ3n) is 3.23. The molecule has 1 aliphatic carbocycles. The predicted octanol–water partition coefficient (Wildman–Crippen LogP) is 1.35. The van der Waals surface area contributed by atoms with Crippen LogP contribution in [-0.2, 0) is 9.53 Å². The summed E-state index contributed by atoms with van der Waals surface area (Å²) in [6.45, 7) is -1.09. The van der Waals surface area contributed by atoms with Crippen LogP contribution in [-0.4, -0.2) is 43.6 Å². The van der Waals surface area contributed by atoms with Crippen LogP contribution in [0.2, 0.25) is 0 Å². The lowest BCUT2D eigenvalue weighted by Gasteiger charge is -2.33. The Balaban J connectivity index is 2.87. The summed E-state index contributed by atoms with van der Waals surface area (Å²) in [5.41, 5.74) is 3.37. The Kier molecular flexibility index (Phi) is 4.59. The van der Waals surface area contributed by atoms with Gasteiger partial charge >= 0.3 is 12.4 Å². The van der Waals surface area contributed by atoms with Crippen molar-refractivity contribution in [2.45, 2.75) is 36.8 Å². The normalized spacial score (nSPS) is 20.0. The van der Waals surface area contributed by atoms with E-state index in [9.17, 15) is 31.1 Å². The van der Waals surface area contributed by atoms with Crippen LogP contribution >= 0.6 is 0 Å². The number of carbonyl (C=O) groups excluding carboxylic acids is 1. The van der Waals surface area contributed by atoms with Gasteiger partial charge in [-0.3, -0.25) is 4.79 Å². The molecule has 20 heavy (non-hydrogen) atoms. The number of halogens is 6. The van der Waals surface area contributed by atoms with Gasteiger partial charge in [-0.15, -0.1) is 0 Å². The van der Waals surface area contributed by atoms with E-state index >= 15 is 0 Å². The SMILES string of the molecule is CNC(COC(C(F)(F)F)C(F)(F)F)(C(N)=O)C1CC1. The fourth-order valence-corrected chi connectivity index (χ4v) is 1.96. The van der Waals surface area contributed by atoms with Gasteiger partial charge in [-0.1, -0.05) is 0 Å². The molecule has 0 heterocycles. The topological polar surface area (TPSA) is 64.3 Å². The first-order valence-corrected chi connectivity index (χ1v) is 5.69. The number of nitrogens with one attached hydrogen (secondary N) is 1. The number of ether oxygens (including phenoxy) is 1. The minimum Gasteiger partial charge on any atom is -0.368 e. The zero-order valence-electron chi connectivity index (χ0n) is 10.4. The maximum absolute atomic E-state index is 12.3. The van der Waals surface area contributed by atoms with E-state index in [4.69, 9.17) is 5.73 Å². The monoisotopic (exact) mass is 308 g/mol. The quantitative estimate of drug-likeness (QED) is 0.728. The van der Waals surface area contributed by atoms with Crippen LogP contribution < -0.4 is 11.1 Å². The number of amides is 1. The van der Waals surface area contributed by atoms with E-state index in [-0.39, 0.29) is 0 Å². The molecule has 118 valence electrons. The fraction of sp³-hybridized carbons (Fsp3) is 0.900. The number of hydrogen-bond donors (Lipinski definition) is 2. The van der Waals surface area contributed by atoms with Crippen molar-refractivity contribution in [3.05, 3.63) is 0 Å². The smallest absolute Gasteiger partial charge is 0.368 e. The lowest BCUT2D eigenvalue weighted by atomic mass is 9.93. The van der Waals surface area contributed by atoms with Crippen molar-refractivity contribution < 1.29 is 35.9 Å². The van der Waals surface area contributed by atoms with Crippen LogP contribution in [0, 0.1) is 5.92 Å². The number of nitrogens with two attached hydrogens (primary N) is 1. The van der Waals surface area contributed by atoms with Gasteiger partial charge in [0, 0.05) is 0 Å². The Morgan fingerprint density at radius 2 is 1.70 bits per heavy atom. The number of hydrogen-bond acceptors (Lipinski definition) is 3. The summed E-state index contributed by atoms with van der Waals surface area (Å²) < 4.78 is 78.0. The van der Waals surface area contributed by atoms with Gasteiger partial charge in [-0.2, -0.15) is 26.3 Å². The molecular weight excluding hydrogens is 294 g/mol. The minimum atomic E-state index is -5.61. The molecule has 10 heteroatoms. The first kappa shape index (κ1) is 17.0. The molecule has 1 saturated carbocycles. The lowest BCUT2D eigenvalue weighted by Crippen LogP contribution is -2.60. The zero-order valence-corrected chi connectivity index (χ0v) is 10.4. The van der Waals surface area contributed by atoms with Crippen molar-refractivity contribution >= 4 is 5.91 Å². The second kappa shape index (κ2) is 5.40. The first-order valence-electron chi connectivity index (χ1n) is 5.69. The molecule has 4 nitrogen and oxygen atoms in total. The number of alkyl halides is 6. The van der Waals surface area contributed by atoms with E-state index < -0.39 is 42.4 Å². The van der Waals surface area contributed by atoms with Crippen LogP contribution in [0.25, 0.3) is 0 Å². The van der Waals surface area contributed by atoms with Gasteiger partial charge < -0.3 is 15.8 Å². The van der Waals surface area contributed by atoms with Gasteiger partial charge in [0.2, 0.25) is 12.0 Å². The average Bonchev–Trinajstić information content (AvgIpc) is 3.04. The largest absolute Gasteiger partial charge is 0.423 e. The first-order chi connectivity index (χ1) is 8.95. The van der Waals surface area contributed by atoms with E-state index in [1.54, 1.807) is 0 Å². The summed E-state index contributed by atoms with van der Waals surface area (Å²) in [5.74, 6) is -1.46. The molecule has 0 spiro atoms. The molecule has 1 fully saturated rings. The summed E-state index contributed by atoms with van der Waals surface area (Å²) in [4.78, 5) is 11.4. The molecule has 1 amide bonds. The maximum atomic E-state index is 12.3. The van der Waals surface area contributed by atoms with Gasteiger partial charge in [-0.05, 0) is 25.8 Å². The zero-order chi connectivity index (χ0) is 15.8. The van der Waals surface area contributed by atoms with Gasteiger partial charge in [0.25, 0.3) is 0 Å². The summed E-state index contributed by atoms with van der Waals surface area (Å²) in [5, 5.41) is 2.40. The van der Waals surface area contributed by atoms with E-state index in [2.05, 4.69) is 10.1 Å². The highest BCUT2D eigenvalue weighted by Crippen LogP contribution is 2.42. The van der Waals surface area contributed by atoms with E-state index in [0.29, 0.717) is 12.8 Å². The fourth-order valence-electron chi connectivity index (χ4n) is 1.96. The highest BCUT2D eigenvalue weighted by Gasteiger charge is 2.59. The third-order valence-corrected chi connectivity index (χ3v) is 3.23. The number of carbonyl (C=O) groups is 1. The lowest BCUT2D eigenvalue weighted by molar-refractivity contribution is -0.324. The molecule has 1 atom stereocenters. The van der Waals surface area contributed by atoms with Crippen molar-refractivity contribution in [3.8, 4) is 0 Å². The van der Waals surface area contributed by atoms with E-state index in [1.165, 1.54) is 7.05 Å². The van der Waals surface area contributed by atoms with E-state index in [1.807, 2.05) is 0 Å². The molecule has 1 rings (SSSR count). The molecule has 0 radical (unpaired) electrons. The molecule has 0 bridgehead atoms. The van der Waals surface area contributed by atoms with Crippen LogP contribution in [0.1, 0.15) is 12.8 Å². The Labute approximate surface area is 110 Å². The molecule has 0 aromatic carbocycles. The van der Waals surface area contributed by atoms with Gasteiger partial charge in [0.15, 0.2) is 0 Å². The summed E-state index contributed by atoms with van der Waals surface area (Å²) in [6, 6.07) is 0. The molecule has 1 unspecified atom stereocenters. The number of likely N-dealkylation sites (N-methyl/N-ethyl adjacent to an activating group) is 1. The van der Waals surface area contributed by atoms with Gasteiger partial charge in [0.05, 0.1) is 6.61 Å². The average molecular weight is 308 g/mol. The molecule has 3 N–H and O–H groups in total. The van der Waals surface area contributed by atoms with Gasteiger partial charge in [-0.25, -0.2) is 0 Å². The van der Waals surface area contributed by atoms with Crippen molar-refractivity contribution in [1.82, 2.24) is 5.32 Å². The van der Waals surface area contributed by atoms with Crippen molar-refractivity contribution in [2.75, 3.05) is 13.7 Å². The van der Waals surface area contributed by atoms with Crippen molar-refractivity contribution in [2.24, 2.45) is 11.7 Å². The maximum Gasteiger partial charge on any atom is 0.423 e. The molecular formula is C10H14F6N2O2. The van der Waals surface area contributed by atoms with E-state index in [0.717, 1.165) is 0 Å². The molecule has 1 aliphatic rings. The van der Waals surface area contributed by atoms with Crippen LogP contribution in [0.4, 0.5) is 26.3 Å². The summed E-state index contributed by atoms with van der Waals surface area (Å²) in [7, 11) is 1.24. The number of rotatable bonds is 6. The van der Waals surface area contributed by atoms with Crippen LogP contribution in [0.15, 0.2) is 0 Å². The molecule has 0 aliphatic heterocycles. The third kappa shape index (κ3) is 3.54. The second-order valence-electron chi connectivity index (χ2n) is 4.63. The minimum absolute atomic E-state index is 0.424. The van der Waals surface area contributed by atoms with Crippen LogP contribution in [0.3, 0.4) is 0 Å². The van der Waals surface area contributed by atoms with Gasteiger partial charge in [0.1, 0.15) is 5.54 Å². The Morgan fingerprint density at radius 3 is 1.95 bits per heavy atom. The standard InChI is InChI=1S/C10H14F6N2O2/c1-18-8(7(17)19,5-2-3-5)4-20-6(9(11,12)13)10(14,15)16/h5-6,18H,2-4H2,1H3,(H2,17,19). The second-order valence-corrected chi connectivity index (χ2v) is 4.63. The van der Waals surface area contributed by atoms with Crippen molar-refractivity contribution in [1.29, 1.82) is 0 Å². The highest BCUT2D eigenvalue weighted by molar-refractivity contribution is 5.85. The molecule has 0 saturated heterocycles. The van der Waals surface area contributed by atoms with Crippen molar-refractivity contribution in [3.63, 3.8) is 0 Å². The summed E-state index contributed by atoms with van der Waals surface area (Å²) >= 11 is 0. The Hall–Kier alpha value is -1.03. The van der Waals surface area contributed by atoms with Crippen LogP contribution in [0.5, 0.6) is 0 Å². The Bertz CT molecular complexity index is 352. The number of primary amides is 1. The molecule has 0 aromatic heterocycles.